The number of nitrogens with zero attached hydrogens (tertiary/aromatic N) is 8. The van der Waals surface area contributed by atoms with Gasteiger partial charge >= 0.3 is 20.1 Å². The molecule has 0 unspecified atom stereocenters. The molecular weight excluding hydrogens is 1380 g/mol. The molecule has 0 atom stereocenters. The van der Waals surface area contributed by atoms with E-state index in [9.17, 15) is 0 Å². The van der Waals surface area contributed by atoms with Gasteiger partial charge in [-0.15, -0.1) is 47.1 Å². The van der Waals surface area contributed by atoms with E-state index >= 15 is 0 Å². The number of aromatic nitrogens is 4. The van der Waals surface area contributed by atoms with E-state index in [0.29, 0.717) is 11.8 Å². The number of anilines is 6. The minimum atomic E-state index is 0. The molecule has 12 nitrogen and oxygen atoms in total. The van der Waals surface area contributed by atoms with Crippen LogP contribution in [0.15, 0.2) is 176 Å². The molecule has 0 fully saturated rings. The molecule has 6 aromatic carbocycles. The number of hydrogen-bond donors (Lipinski definition) is 4. The molecule has 4 N–H and O–H groups in total. The standard InChI is InChI=1S/C17H20N2.C17H18N2.2C12H7N2S.C2H6O.3CH4O.2Ir/c2*1-13(2)14-7-6-8-15(11-14)19-12-18(3)16-9-4-5-10-17(16)19;2*1-2-6-11-10(5-1)12(14-15-11)9-4-3-7-13-8-9;1-2-3;3*1-2;;/h4-11,13H,12H2,1-3H3;4-7,9-13H,1-3H3;2*1-7H;3H,2H2,1H3;3*2H,1H3;;/q;-2;2*-1;;;;;;+3. The van der Waals surface area contributed by atoms with Crippen molar-refractivity contribution < 1.29 is 60.6 Å². The van der Waals surface area contributed by atoms with Gasteiger partial charge in [-0.25, -0.2) is 8.75 Å². The van der Waals surface area contributed by atoms with Gasteiger partial charge in [-0.1, -0.05) is 113 Å². The van der Waals surface area contributed by atoms with Crippen molar-refractivity contribution in [1.82, 2.24) is 18.7 Å². The van der Waals surface area contributed by atoms with Crippen LogP contribution in [0.4, 0.5) is 34.1 Å². The van der Waals surface area contributed by atoms with Crippen molar-refractivity contribution in [2.45, 2.75) is 46.5 Å². The van der Waals surface area contributed by atoms with Crippen molar-refractivity contribution in [1.29, 1.82) is 0 Å². The molecule has 10 aromatic rings. The Kier molecular flexibility index (Phi) is 30.0. The Labute approximate surface area is 502 Å². The number of aliphatic hydroxyl groups is 4. The SMILES string of the molecule is CC(C)c1cc[c-]c(N2[CH-]N(C)c3ccccc32)c1.CC(C)c1cccc(N2CN(C)c3ccccc32)c1.CCO.CO.CO.CO.[Ir+3].[Ir].[c-]1ncccc1-c1nsc2ccccc12.[c-]1ncccc1-c1nsc2ccccc12. The fraction of sp³-hybridized carbons (Fsp3) is 0.222. The Bertz CT molecular complexity index is 3060. The number of pyridine rings is 2. The predicted octanol–water partition coefficient (Wildman–Crippen LogP) is 13.8. The minimum absolute atomic E-state index is 0. The van der Waals surface area contributed by atoms with Crippen LogP contribution in [-0.4, -0.2) is 87.8 Å². The van der Waals surface area contributed by atoms with Gasteiger partial charge in [-0.3, -0.25) is 0 Å². The van der Waals surface area contributed by atoms with Crippen LogP contribution in [0, 0.1) is 25.1 Å². The molecule has 0 spiro atoms. The Balaban J connectivity index is 0.000000263. The summed E-state index contributed by atoms with van der Waals surface area (Å²) >= 11 is 3.02. The van der Waals surface area contributed by atoms with E-state index in [1.54, 1.807) is 19.3 Å². The third-order valence-corrected chi connectivity index (χ3v) is 13.5. The van der Waals surface area contributed by atoms with E-state index in [1.807, 2.05) is 54.6 Å². The van der Waals surface area contributed by atoms with Gasteiger partial charge in [-0.2, -0.15) is 30.4 Å². The van der Waals surface area contributed by atoms with Crippen LogP contribution in [0.1, 0.15) is 57.6 Å². The summed E-state index contributed by atoms with van der Waals surface area (Å²) in [5.41, 5.74) is 14.0. The van der Waals surface area contributed by atoms with Crippen molar-refractivity contribution in [3.05, 3.63) is 212 Å². The second-order valence-electron chi connectivity index (χ2n) is 17.4. The molecule has 2 aliphatic heterocycles. The van der Waals surface area contributed by atoms with Crippen LogP contribution >= 0.6 is 23.1 Å². The van der Waals surface area contributed by atoms with Gasteiger partial charge in [0, 0.05) is 92.9 Å². The maximum Gasteiger partial charge on any atom is 3.00 e. The van der Waals surface area contributed by atoms with Gasteiger partial charge in [0.25, 0.3) is 0 Å². The Morgan fingerprint density at radius 3 is 1.54 bits per heavy atom. The molecule has 0 amide bonds. The molecule has 12 rings (SSSR count). The molecule has 0 saturated carbocycles. The molecule has 4 aromatic heterocycles. The van der Waals surface area contributed by atoms with Crippen molar-refractivity contribution >= 4 is 77.4 Å². The smallest absolute Gasteiger partial charge is 0.504 e. The summed E-state index contributed by atoms with van der Waals surface area (Å²) in [6.45, 7) is 13.9. The maximum atomic E-state index is 7.57. The summed E-state index contributed by atoms with van der Waals surface area (Å²) in [5.74, 6) is 1.10. The van der Waals surface area contributed by atoms with E-state index in [2.05, 4.69) is 214 Å². The van der Waals surface area contributed by atoms with Crippen molar-refractivity contribution in [3.8, 4) is 22.5 Å². The number of rotatable bonds is 6. The van der Waals surface area contributed by atoms with Crippen LogP contribution in [0.3, 0.4) is 0 Å². The van der Waals surface area contributed by atoms with E-state index in [0.717, 1.165) is 56.2 Å². The first-order chi connectivity index (χ1) is 37.6. The molecule has 6 heterocycles. The molecule has 1 radical (unpaired) electrons. The Hall–Kier alpha value is -6.26. The largest absolute Gasteiger partial charge is 3.00 e. The van der Waals surface area contributed by atoms with E-state index in [-0.39, 0.29) is 46.8 Å². The fourth-order valence-electron chi connectivity index (χ4n) is 8.15. The number of para-hydroxylation sites is 4. The van der Waals surface area contributed by atoms with E-state index in [1.165, 1.54) is 82.8 Å². The summed E-state index contributed by atoms with van der Waals surface area (Å²) < 4.78 is 11.3. The zero-order valence-electron chi connectivity index (χ0n) is 46.2. The summed E-state index contributed by atoms with van der Waals surface area (Å²) in [4.78, 5) is 17.0. The number of aliphatic hydroxyl groups excluding tert-OH is 4. The van der Waals surface area contributed by atoms with Gasteiger partial charge in [0.15, 0.2) is 0 Å². The zero-order valence-corrected chi connectivity index (χ0v) is 52.7. The van der Waals surface area contributed by atoms with Gasteiger partial charge in [0.2, 0.25) is 0 Å². The van der Waals surface area contributed by atoms with Crippen molar-refractivity contribution in [3.63, 3.8) is 0 Å². The van der Waals surface area contributed by atoms with Crippen LogP contribution in [-0.2, 0) is 40.2 Å². The molecule has 0 aliphatic carbocycles. The minimum Gasteiger partial charge on any atom is -0.504 e. The van der Waals surface area contributed by atoms with E-state index in [4.69, 9.17) is 20.4 Å². The first-order valence-corrected chi connectivity index (χ1v) is 26.6. The summed E-state index contributed by atoms with van der Waals surface area (Å²) in [6.07, 6.45) is 9.35. The first kappa shape index (κ1) is 67.0. The molecule has 79 heavy (non-hydrogen) atoms. The molecule has 417 valence electrons. The summed E-state index contributed by atoms with van der Waals surface area (Å²) in [7, 11) is 7.22. The Morgan fingerprint density at radius 2 is 1.04 bits per heavy atom. The third-order valence-electron chi connectivity index (χ3n) is 11.8. The van der Waals surface area contributed by atoms with Gasteiger partial charge in [0.05, 0.1) is 18.0 Å². The van der Waals surface area contributed by atoms with Crippen LogP contribution in [0.2, 0.25) is 0 Å². The van der Waals surface area contributed by atoms with Crippen molar-refractivity contribution in [2.24, 2.45) is 0 Å². The topological polar surface area (TPSA) is 145 Å². The number of fused-ring (bicyclic) bond motifs is 4. The average molecular weight is 1450 g/mol. The molecule has 2 aliphatic rings. The summed E-state index contributed by atoms with van der Waals surface area (Å²) in [5, 5.41) is 30.9. The summed E-state index contributed by atoms with van der Waals surface area (Å²) in [6, 6.07) is 59.8. The zero-order chi connectivity index (χ0) is 55.7. The second-order valence-corrected chi connectivity index (χ2v) is 19.1. The average Bonchev–Trinajstić information content (AvgIpc) is 4.39. The Morgan fingerprint density at radius 1 is 0.570 bits per heavy atom. The quantitative estimate of drug-likeness (QED) is 0.118. The predicted molar refractivity (Wildman–Crippen MR) is 324 cm³/mol. The normalized spacial score (nSPS) is 11.3. The van der Waals surface area contributed by atoms with Crippen molar-refractivity contribution in [2.75, 3.05) is 68.3 Å². The van der Waals surface area contributed by atoms with Gasteiger partial charge in [-0.05, 0) is 126 Å². The number of benzene rings is 6. The van der Waals surface area contributed by atoms with Gasteiger partial charge < -0.3 is 50.0 Å². The monoisotopic (exact) mass is 1450 g/mol. The second kappa shape index (κ2) is 35.4. The molecule has 16 heteroatoms. The van der Waals surface area contributed by atoms with E-state index < -0.39 is 0 Å². The molecule has 0 saturated heterocycles. The van der Waals surface area contributed by atoms with Crippen LogP contribution < -0.4 is 19.6 Å². The third kappa shape index (κ3) is 17.9. The molecular formula is C63H70Ir2N8O4S2-. The molecule has 0 bridgehead atoms. The van der Waals surface area contributed by atoms with Gasteiger partial charge in [0.1, 0.15) is 0 Å². The van der Waals surface area contributed by atoms with Crippen LogP contribution in [0.25, 0.3) is 42.7 Å². The fourth-order valence-corrected chi connectivity index (χ4v) is 9.73. The van der Waals surface area contributed by atoms with Crippen LogP contribution in [0.5, 0.6) is 0 Å². The number of hydrogen-bond acceptors (Lipinski definition) is 14. The maximum absolute atomic E-state index is 7.57. The first-order valence-electron chi connectivity index (χ1n) is 25.1.